The number of piperazine rings is 1. The van der Waals surface area contributed by atoms with E-state index in [-0.39, 0.29) is 23.9 Å². The van der Waals surface area contributed by atoms with Gasteiger partial charge in [0.05, 0.1) is 17.4 Å². The van der Waals surface area contributed by atoms with E-state index in [9.17, 15) is 9.18 Å². The molecular formula is C25H28FN7O2. The molecule has 1 aromatic carbocycles. The van der Waals surface area contributed by atoms with Crippen molar-refractivity contribution in [2.45, 2.75) is 38.2 Å². The number of rotatable bonds is 4. The van der Waals surface area contributed by atoms with E-state index in [1.807, 2.05) is 23.2 Å². The maximum atomic E-state index is 14.1. The van der Waals surface area contributed by atoms with Gasteiger partial charge in [-0.05, 0) is 37.0 Å². The van der Waals surface area contributed by atoms with Crippen molar-refractivity contribution < 1.29 is 13.9 Å². The lowest BCUT2D eigenvalue weighted by atomic mass is 9.93. The fourth-order valence-electron chi connectivity index (χ4n) is 5.63. The van der Waals surface area contributed by atoms with Gasteiger partial charge < -0.3 is 19.5 Å². The zero-order chi connectivity index (χ0) is 23.9. The van der Waals surface area contributed by atoms with Gasteiger partial charge in [0.15, 0.2) is 11.3 Å². The second-order valence-corrected chi connectivity index (χ2v) is 9.40. The third-order valence-electron chi connectivity index (χ3n) is 7.47. The van der Waals surface area contributed by atoms with Crippen LogP contribution in [0.4, 0.5) is 14.9 Å². The van der Waals surface area contributed by atoms with Gasteiger partial charge in [-0.1, -0.05) is 25.5 Å². The quantitative estimate of drug-likeness (QED) is 0.478. The van der Waals surface area contributed by atoms with Gasteiger partial charge in [0, 0.05) is 38.3 Å². The molecule has 1 aliphatic carbocycles. The number of carbonyl (C=O) groups is 1. The SMILES string of the molecule is CC[C@@H]1CC(OC(=O)N2CCN(c3ccccc3F)CC2)C[C@@H]1c1nnc2cnc3[nH]ccc3n12. The van der Waals surface area contributed by atoms with Crippen LogP contribution in [-0.4, -0.2) is 67.8 Å². The standard InChI is InChI=1S/C25H28FN7O2/c1-2-16-13-17(14-18(16)24-30-29-22-15-28-23-21(33(22)24)7-8-27-23)35-25(34)32-11-9-31(10-12-32)20-6-4-3-5-19(20)26/h3-8,15-18,27H,2,9-14H2,1H3/t16-,17?,18+/m1/s1. The Kier molecular flexibility index (Phi) is 5.50. The summed E-state index contributed by atoms with van der Waals surface area (Å²) in [5.41, 5.74) is 3.04. The van der Waals surface area contributed by atoms with Crippen LogP contribution in [0.3, 0.4) is 0 Å². The first-order valence-electron chi connectivity index (χ1n) is 12.2. The molecule has 3 aromatic heterocycles. The van der Waals surface area contributed by atoms with Crippen molar-refractivity contribution in [2.24, 2.45) is 5.92 Å². The van der Waals surface area contributed by atoms with Crippen molar-refractivity contribution in [2.75, 3.05) is 31.1 Å². The third kappa shape index (κ3) is 3.86. The Morgan fingerprint density at radius 3 is 2.77 bits per heavy atom. The predicted octanol–water partition coefficient (Wildman–Crippen LogP) is 3.98. The van der Waals surface area contributed by atoms with Gasteiger partial charge in [-0.2, -0.15) is 0 Å². The average Bonchev–Trinajstić information content (AvgIpc) is 3.61. The first-order valence-corrected chi connectivity index (χ1v) is 12.2. The zero-order valence-corrected chi connectivity index (χ0v) is 19.6. The Hall–Kier alpha value is -3.69. The lowest BCUT2D eigenvalue weighted by Gasteiger charge is -2.36. The van der Waals surface area contributed by atoms with Gasteiger partial charge in [0.1, 0.15) is 17.7 Å². The van der Waals surface area contributed by atoms with Crippen LogP contribution in [0, 0.1) is 11.7 Å². The summed E-state index contributed by atoms with van der Waals surface area (Å²) in [5.74, 6) is 1.15. The van der Waals surface area contributed by atoms with E-state index in [0.29, 0.717) is 44.2 Å². The Balaban J connectivity index is 1.13. The van der Waals surface area contributed by atoms with Gasteiger partial charge in [-0.25, -0.2) is 14.2 Å². The second kappa shape index (κ2) is 8.83. The van der Waals surface area contributed by atoms with Crippen molar-refractivity contribution in [1.29, 1.82) is 0 Å². The van der Waals surface area contributed by atoms with Crippen LogP contribution < -0.4 is 4.90 Å². The van der Waals surface area contributed by atoms with Crippen molar-refractivity contribution >= 4 is 28.6 Å². The van der Waals surface area contributed by atoms with E-state index < -0.39 is 0 Å². The van der Waals surface area contributed by atoms with Gasteiger partial charge in [-0.3, -0.25) is 4.40 Å². The molecule has 182 valence electrons. The predicted molar refractivity (Wildman–Crippen MR) is 129 cm³/mol. The lowest BCUT2D eigenvalue weighted by Crippen LogP contribution is -2.49. The number of amides is 1. The molecule has 10 heteroatoms. The molecule has 0 radical (unpaired) electrons. The minimum Gasteiger partial charge on any atom is -0.446 e. The van der Waals surface area contributed by atoms with Gasteiger partial charge in [-0.15, -0.1) is 10.2 Å². The topological polar surface area (TPSA) is 91.7 Å². The fraction of sp³-hybridized carbons (Fsp3) is 0.440. The van der Waals surface area contributed by atoms with Crippen molar-refractivity contribution in [3.05, 3.63) is 54.4 Å². The summed E-state index contributed by atoms with van der Waals surface area (Å²) in [6, 6.07) is 8.74. The summed E-state index contributed by atoms with van der Waals surface area (Å²) in [6.07, 6.45) is 5.62. The maximum absolute atomic E-state index is 14.1. The number of anilines is 1. The van der Waals surface area contributed by atoms with Crippen LogP contribution in [0.1, 0.15) is 37.9 Å². The Bertz CT molecular complexity index is 1360. The molecule has 0 bridgehead atoms. The van der Waals surface area contributed by atoms with Gasteiger partial charge in [0.25, 0.3) is 0 Å². The Morgan fingerprint density at radius 2 is 1.97 bits per heavy atom. The number of hydrogen-bond acceptors (Lipinski definition) is 6. The summed E-state index contributed by atoms with van der Waals surface area (Å²) < 4.78 is 22.2. The molecule has 1 amide bonds. The largest absolute Gasteiger partial charge is 0.446 e. The van der Waals surface area contributed by atoms with Crippen LogP contribution in [0.5, 0.6) is 0 Å². The number of aromatic amines is 1. The molecular weight excluding hydrogens is 449 g/mol. The first-order chi connectivity index (χ1) is 17.1. The van der Waals surface area contributed by atoms with Crippen LogP contribution >= 0.6 is 0 Å². The molecule has 1 saturated heterocycles. The van der Waals surface area contributed by atoms with Crippen LogP contribution in [0.2, 0.25) is 0 Å². The molecule has 2 fully saturated rings. The summed E-state index contributed by atoms with van der Waals surface area (Å²) >= 11 is 0. The normalized spacial score (nSPS) is 22.9. The first kappa shape index (κ1) is 21.8. The number of fused-ring (bicyclic) bond motifs is 3. The number of nitrogens with zero attached hydrogens (tertiary/aromatic N) is 6. The van der Waals surface area contributed by atoms with Crippen LogP contribution in [0.15, 0.2) is 42.7 Å². The molecule has 0 spiro atoms. The smallest absolute Gasteiger partial charge is 0.410 e. The molecule has 1 aliphatic heterocycles. The Morgan fingerprint density at radius 1 is 1.14 bits per heavy atom. The van der Waals surface area contributed by atoms with E-state index in [1.54, 1.807) is 23.2 Å². The number of hydrogen-bond donors (Lipinski definition) is 1. The highest BCUT2D eigenvalue weighted by Crippen LogP contribution is 2.42. The summed E-state index contributed by atoms with van der Waals surface area (Å²) in [6.45, 7) is 4.34. The number of ether oxygens (including phenoxy) is 1. The molecule has 35 heavy (non-hydrogen) atoms. The average molecular weight is 478 g/mol. The number of H-pyrrole nitrogens is 1. The summed E-state index contributed by atoms with van der Waals surface area (Å²) in [4.78, 5) is 24.2. The number of halogens is 1. The molecule has 6 rings (SSSR count). The van der Waals surface area contributed by atoms with Crippen molar-refractivity contribution in [3.63, 3.8) is 0 Å². The minimum atomic E-state index is -0.290. The van der Waals surface area contributed by atoms with Crippen LogP contribution in [-0.2, 0) is 4.74 Å². The van der Waals surface area contributed by atoms with E-state index in [0.717, 1.165) is 35.5 Å². The van der Waals surface area contributed by atoms with E-state index in [2.05, 4.69) is 31.5 Å². The highest BCUT2D eigenvalue weighted by molar-refractivity contribution is 5.74. The third-order valence-corrected chi connectivity index (χ3v) is 7.47. The number of para-hydroxylation sites is 1. The highest BCUT2D eigenvalue weighted by Gasteiger charge is 2.40. The molecule has 1 N–H and O–H groups in total. The molecule has 2 aliphatic rings. The number of nitrogens with one attached hydrogen (secondary N) is 1. The molecule has 1 saturated carbocycles. The van der Waals surface area contributed by atoms with Gasteiger partial charge in [0.2, 0.25) is 0 Å². The monoisotopic (exact) mass is 477 g/mol. The van der Waals surface area contributed by atoms with Crippen molar-refractivity contribution in [3.8, 4) is 0 Å². The fourth-order valence-corrected chi connectivity index (χ4v) is 5.63. The summed E-state index contributed by atoms with van der Waals surface area (Å²) in [7, 11) is 0. The van der Waals surface area contributed by atoms with Crippen LogP contribution in [0.25, 0.3) is 16.8 Å². The molecule has 3 atom stereocenters. The molecule has 4 heterocycles. The maximum Gasteiger partial charge on any atom is 0.410 e. The van der Waals surface area contributed by atoms with Gasteiger partial charge >= 0.3 is 6.09 Å². The van der Waals surface area contributed by atoms with E-state index >= 15 is 0 Å². The molecule has 1 unspecified atom stereocenters. The molecule has 9 nitrogen and oxygen atoms in total. The Labute approximate surface area is 201 Å². The van der Waals surface area contributed by atoms with E-state index in [1.165, 1.54) is 6.07 Å². The van der Waals surface area contributed by atoms with E-state index in [4.69, 9.17) is 4.74 Å². The highest BCUT2D eigenvalue weighted by atomic mass is 19.1. The minimum absolute atomic E-state index is 0.145. The number of aromatic nitrogens is 5. The second-order valence-electron chi connectivity index (χ2n) is 9.40. The lowest BCUT2D eigenvalue weighted by molar-refractivity contribution is 0.0617. The molecule has 4 aromatic rings. The number of carbonyl (C=O) groups excluding carboxylic acids is 1. The zero-order valence-electron chi connectivity index (χ0n) is 19.6. The summed E-state index contributed by atoms with van der Waals surface area (Å²) in [5, 5.41) is 8.87. The van der Waals surface area contributed by atoms with Crippen molar-refractivity contribution in [1.82, 2.24) is 29.5 Å². The number of benzene rings is 1.